The van der Waals surface area contributed by atoms with Crippen molar-refractivity contribution < 1.29 is 9.26 Å². The second-order valence-corrected chi connectivity index (χ2v) is 6.92. The summed E-state index contributed by atoms with van der Waals surface area (Å²) in [5.41, 5.74) is 3.04. The van der Waals surface area contributed by atoms with E-state index < -0.39 is 0 Å². The van der Waals surface area contributed by atoms with Crippen LogP contribution in [-0.2, 0) is 7.05 Å². The molecule has 0 aliphatic heterocycles. The second kappa shape index (κ2) is 7.26. The topological polar surface area (TPSA) is 78.9 Å². The summed E-state index contributed by atoms with van der Waals surface area (Å²) in [6.45, 7) is 8.37. The van der Waals surface area contributed by atoms with Gasteiger partial charge in [-0.25, -0.2) is 0 Å². The van der Waals surface area contributed by atoms with Crippen LogP contribution in [0.3, 0.4) is 0 Å². The number of ether oxygens (including phenoxy) is 1. The highest BCUT2D eigenvalue weighted by Crippen LogP contribution is 2.29. The molecule has 0 radical (unpaired) electrons. The lowest BCUT2D eigenvalue weighted by Gasteiger charge is -2.13. The summed E-state index contributed by atoms with van der Waals surface area (Å²) >= 11 is 1.63. The Bertz CT molecular complexity index is 864. The fourth-order valence-electron chi connectivity index (χ4n) is 2.51. The van der Waals surface area contributed by atoms with Crippen LogP contribution in [0, 0.1) is 27.7 Å². The van der Waals surface area contributed by atoms with Crippen molar-refractivity contribution in [1.29, 1.82) is 0 Å². The second-order valence-electron chi connectivity index (χ2n) is 5.86. The van der Waals surface area contributed by atoms with Crippen LogP contribution in [0.5, 0.6) is 5.75 Å². The van der Waals surface area contributed by atoms with E-state index in [4.69, 9.17) is 9.26 Å². The molecule has 2 heterocycles. The number of benzene rings is 1. The van der Waals surface area contributed by atoms with Crippen LogP contribution in [0.25, 0.3) is 11.4 Å². The van der Waals surface area contributed by atoms with E-state index in [1.165, 1.54) is 0 Å². The van der Waals surface area contributed by atoms with Crippen LogP contribution in [0.2, 0.25) is 0 Å². The number of hydrogen-bond donors (Lipinski definition) is 0. The SMILES string of the molecule is Cc1nc(-c2cc(C)c(OCCSc3nnc(C)n3C)c(C)c2)no1. The maximum absolute atomic E-state index is 5.99. The minimum atomic E-state index is 0.557. The van der Waals surface area contributed by atoms with Crippen LogP contribution in [0.15, 0.2) is 21.8 Å². The molecule has 0 saturated heterocycles. The van der Waals surface area contributed by atoms with E-state index in [0.29, 0.717) is 18.3 Å². The monoisotopic (exact) mass is 359 g/mol. The first kappa shape index (κ1) is 17.5. The van der Waals surface area contributed by atoms with Crippen LogP contribution in [-0.4, -0.2) is 37.3 Å². The highest BCUT2D eigenvalue weighted by molar-refractivity contribution is 7.99. The molecule has 0 bridgehead atoms. The van der Waals surface area contributed by atoms with Gasteiger partial charge in [-0.1, -0.05) is 16.9 Å². The minimum absolute atomic E-state index is 0.557. The van der Waals surface area contributed by atoms with Crippen molar-refractivity contribution in [3.05, 3.63) is 35.0 Å². The van der Waals surface area contributed by atoms with E-state index in [-0.39, 0.29) is 0 Å². The first-order valence-electron chi connectivity index (χ1n) is 7.99. The van der Waals surface area contributed by atoms with Crippen LogP contribution in [0.1, 0.15) is 22.8 Å². The van der Waals surface area contributed by atoms with E-state index in [0.717, 1.165) is 39.2 Å². The Hall–Kier alpha value is -2.35. The average Bonchev–Trinajstić information content (AvgIpc) is 3.13. The predicted molar refractivity (Wildman–Crippen MR) is 95.9 cm³/mol. The number of thioether (sulfide) groups is 1. The van der Waals surface area contributed by atoms with Gasteiger partial charge in [0, 0.05) is 25.3 Å². The zero-order valence-electron chi connectivity index (χ0n) is 15.0. The van der Waals surface area contributed by atoms with Crippen LogP contribution >= 0.6 is 11.8 Å². The summed E-state index contributed by atoms with van der Waals surface area (Å²) in [7, 11) is 1.96. The van der Waals surface area contributed by atoms with Gasteiger partial charge in [0.05, 0.1) is 6.61 Å². The third-order valence-electron chi connectivity index (χ3n) is 3.86. The number of nitrogens with zero attached hydrogens (tertiary/aromatic N) is 5. The quantitative estimate of drug-likeness (QED) is 0.493. The normalized spacial score (nSPS) is 11.1. The molecule has 132 valence electrons. The van der Waals surface area contributed by atoms with Crippen molar-refractivity contribution in [3.63, 3.8) is 0 Å². The summed E-state index contributed by atoms with van der Waals surface area (Å²) in [6.07, 6.45) is 0. The Labute approximate surface area is 150 Å². The lowest BCUT2D eigenvalue weighted by Crippen LogP contribution is -2.04. The summed E-state index contributed by atoms with van der Waals surface area (Å²) in [5, 5.41) is 13.1. The van der Waals surface area contributed by atoms with Crippen molar-refractivity contribution in [1.82, 2.24) is 24.9 Å². The molecule has 8 heteroatoms. The van der Waals surface area contributed by atoms with E-state index in [2.05, 4.69) is 20.3 Å². The van der Waals surface area contributed by atoms with E-state index in [1.54, 1.807) is 18.7 Å². The molecule has 0 N–H and O–H groups in total. The van der Waals surface area contributed by atoms with Crippen molar-refractivity contribution in [2.75, 3.05) is 12.4 Å². The Balaban J connectivity index is 1.63. The molecule has 25 heavy (non-hydrogen) atoms. The molecule has 3 aromatic rings. The molecule has 2 aromatic heterocycles. The Morgan fingerprint density at radius 2 is 1.84 bits per heavy atom. The van der Waals surface area contributed by atoms with Gasteiger partial charge in [-0.15, -0.1) is 10.2 Å². The summed E-state index contributed by atoms with van der Waals surface area (Å²) < 4.78 is 13.0. The maximum Gasteiger partial charge on any atom is 0.223 e. The molecule has 0 atom stereocenters. The molecule has 0 aliphatic carbocycles. The zero-order valence-corrected chi connectivity index (χ0v) is 15.8. The third-order valence-corrected chi connectivity index (χ3v) is 4.84. The first-order valence-corrected chi connectivity index (χ1v) is 8.98. The lowest BCUT2D eigenvalue weighted by molar-refractivity contribution is 0.339. The van der Waals surface area contributed by atoms with Gasteiger partial charge >= 0.3 is 0 Å². The van der Waals surface area contributed by atoms with Crippen molar-refractivity contribution >= 4 is 11.8 Å². The minimum Gasteiger partial charge on any atom is -0.492 e. The molecular weight excluding hydrogens is 338 g/mol. The fraction of sp³-hybridized carbons (Fsp3) is 0.412. The van der Waals surface area contributed by atoms with Gasteiger partial charge in [0.25, 0.3) is 0 Å². The molecule has 0 aliphatic rings. The number of rotatable bonds is 6. The largest absolute Gasteiger partial charge is 0.492 e. The third kappa shape index (κ3) is 3.84. The summed E-state index contributed by atoms with van der Waals surface area (Å²) in [5.74, 6) is 3.77. The van der Waals surface area contributed by atoms with Gasteiger partial charge in [0.2, 0.25) is 11.7 Å². The van der Waals surface area contributed by atoms with Crippen molar-refractivity contribution in [3.8, 4) is 17.1 Å². The van der Waals surface area contributed by atoms with Gasteiger partial charge in [0.15, 0.2) is 5.16 Å². The van der Waals surface area contributed by atoms with Gasteiger partial charge in [-0.3, -0.25) is 0 Å². The van der Waals surface area contributed by atoms with Crippen molar-refractivity contribution in [2.45, 2.75) is 32.9 Å². The molecule has 1 aromatic carbocycles. The molecule has 0 unspecified atom stereocenters. The Morgan fingerprint density at radius 3 is 2.40 bits per heavy atom. The zero-order chi connectivity index (χ0) is 18.0. The van der Waals surface area contributed by atoms with Gasteiger partial charge in [0.1, 0.15) is 11.6 Å². The summed E-state index contributed by atoms with van der Waals surface area (Å²) in [4.78, 5) is 4.27. The summed E-state index contributed by atoms with van der Waals surface area (Å²) in [6, 6.07) is 4.04. The van der Waals surface area contributed by atoms with Gasteiger partial charge in [-0.2, -0.15) is 4.98 Å². The molecule has 7 nitrogen and oxygen atoms in total. The number of aryl methyl sites for hydroxylation is 4. The Morgan fingerprint density at radius 1 is 1.12 bits per heavy atom. The molecule has 3 rings (SSSR count). The molecule has 0 saturated carbocycles. The van der Waals surface area contributed by atoms with Gasteiger partial charge in [-0.05, 0) is 44.0 Å². The standard InChI is InChI=1S/C17H21N5O2S/c1-10-8-14(16-18-13(4)24-21-16)9-11(2)15(10)23-6-7-25-17-20-19-12(3)22(17)5/h8-9H,6-7H2,1-5H3. The predicted octanol–water partition coefficient (Wildman–Crippen LogP) is 3.27. The first-order chi connectivity index (χ1) is 12.0. The van der Waals surface area contributed by atoms with E-state index >= 15 is 0 Å². The average molecular weight is 359 g/mol. The van der Waals surface area contributed by atoms with Gasteiger partial charge < -0.3 is 13.8 Å². The molecular formula is C17H21N5O2S. The molecule has 0 amide bonds. The van der Waals surface area contributed by atoms with Crippen LogP contribution in [0.4, 0.5) is 0 Å². The molecule has 0 fully saturated rings. The Kier molecular flexibility index (Phi) is 5.08. The van der Waals surface area contributed by atoms with E-state index in [1.807, 2.05) is 44.5 Å². The highest BCUT2D eigenvalue weighted by atomic mass is 32.2. The van der Waals surface area contributed by atoms with Crippen molar-refractivity contribution in [2.24, 2.45) is 7.05 Å². The van der Waals surface area contributed by atoms with Crippen LogP contribution < -0.4 is 4.74 Å². The number of aromatic nitrogens is 5. The number of hydrogen-bond acceptors (Lipinski definition) is 7. The molecule has 0 spiro atoms. The highest BCUT2D eigenvalue weighted by Gasteiger charge is 2.12. The lowest BCUT2D eigenvalue weighted by atomic mass is 10.1. The smallest absolute Gasteiger partial charge is 0.223 e. The fourth-order valence-corrected chi connectivity index (χ4v) is 3.29. The van der Waals surface area contributed by atoms with E-state index in [9.17, 15) is 0 Å². The maximum atomic E-state index is 5.99.